The molecule has 5 rings (SSSR count). The quantitative estimate of drug-likeness (QED) is 0.308. The first-order valence-corrected chi connectivity index (χ1v) is 17.2. The Labute approximate surface area is 270 Å². The van der Waals surface area contributed by atoms with Gasteiger partial charge in [0.15, 0.2) is 17.8 Å². The molecule has 252 valence electrons. The molecule has 3 aliphatic heterocycles. The molecule has 2 N–H and O–H groups in total. The zero-order valence-electron chi connectivity index (χ0n) is 26.5. The van der Waals surface area contributed by atoms with Crippen molar-refractivity contribution in [2.45, 2.75) is 75.8 Å². The fraction of sp³-hybridized carbons (Fsp3) is 0.576. The summed E-state index contributed by atoms with van der Waals surface area (Å²) in [5.41, 5.74) is 0.120. The van der Waals surface area contributed by atoms with Crippen LogP contribution in [0.25, 0.3) is 0 Å². The number of nitrogens with zero attached hydrogens (tertiary/aromatic N) is 2. The summed E-state index contributed by atoms with van der Waals surface area (Å²) < 4.78 is 53.0. The molecule has 0 bridgehead atoms. The summed E-state index contributed by atoms with van der Waals surface area (Å²) in [5, 5.41) is 22.6. The highest BCUT2D eigenvalue weighted by Gasteiger charge is 2.49. The number of carbonyl (C=O) groups excluding carboxylic acids is 1. The number of carbonyl (C=O) groups is 2. The summed E-state index contributed by atoms with van der Waals surface area (Å²) >= 11 is 0. The highest BCUT2D eigenvalue weighted by molar-refractivity contribution is 7.89. The largest absolute Gasteiger partial charge is 0.486 e. The van der Waals surface area contributed by atoms with Crippen LogP contribution in [0.4, 0.5) is 4.79 Å². The van der Waals surface area contributed by atoms with E-state index in [1.165, 1.54) is 22.2 Å². The zero-order valence-corrected chi connectivity index (χ0v) is 27.4. The van der Waals surface area contributed by atoms with Gasteiger partial charge in [-0.3, -0.25) is 4.90 Å². The second-order valence-electron chi connectivity index (χ2n) is 13.1. The van der Waals surface area contributed by atoms with Crippen molar-refractivity contribution in [2.24, 2.45) is 11.3 Å². The van der Waals surface area contributed by atoms with Crippen molar-refractivity contribution in [3.8, 4) is 11.5 Å². The predicted molar refractivity (Wildman–Crippen MR) is 167 cm³/mol. The summed E-state index contributed by atoms with van der Waals surface area (Å²) in [6.45, 7) is 5.78. The number of ketones is 1. The third-order valence-corrected chi connectivity index (χ3v) is 10.8. The van der Waals surface area contributed by atoms with Crippen LogP contribution in [0.3, 0.4) is 0 Å². The van der Waals surface area contributed by atoms with Gasteiger partial charge in [-0.2, -0.15) is 4.31 Å². The van der Waals surface area contributed by atoms with Crippen LogP contribution < -0.4 is 9.47 Å². The average Bonchev–Trinajstić information content (AvgIpc) is 3.64. The number of hydrogen-bond acceptors (Lipinski definition) is 9. The van der Waals surface area contributed by atoms with Crippen molar-refractivity contribution < 1.29 is 47.2 Å². The summed E-state index contributed by atoms with van der Waals surface area (Å²) in [7, 11) is -4.32. The molecule has 0 aliphatic carbocycles. The molecule has 0 aromatic heterocycles. The number of aliphatic hydroxyl groups is 1. The van der Waals surface area contributed by atoms with Gasteiger partial charge in [-0.1, -0.05) is 50.2 Å². The van der Waals surface area contributed by atoms with Crippen LogP contribution in [-0.2, 0) is 30.7 Å². The Hall–Kier alpha value is -3.23. The second-order valence-corrected chi connectivity index (χ2v) is 15.0. The fourth-order valence-electron chi connectivity index (χ4n) is 6.57. The molecule has 0 saturated carbocycles. The molecule has 12 nitrogen and oxygen atoms in total. The highest BCUT2D eigenvalue weighted by Crippen LogP contribution is 2.40. The predicted octanol–water partition coefficient (Wildman–Crippen LogP) is 3.56. The monoisotopic (exact) mass is 660 g/mol. The summed E-state index contributed by atoms with van der Waals surface area (Å²) in [5.74, 6) is 0.175. The standard InChI is InChI=1S/C33H44N2O10S/c1-22(36)12-14-33(2,3)21-34(46(40,41)29-11-7-10-28-30(29)43-17-16-42-28)19-27(37)25(18-23-8-5-4-6-9-23)35(32(38)39)26-20-45-31-24(26)13-15-44-31/h4-11,24-27,31,37H,12-21H2,1-3H3,(H,38,39)/t24-,25-,26-,27+,31+/m0/s1. The topological polar surface area (TPSA) is 152 Å². The molecule has 2 aromatic rings. The van der Waals surface area contributed by atoms with E-state index in [0.717, 1.165) is 5.56 Å². The lowest BCUT2D eigenvalue weighted by Gasteiger charge is -2.40. The number of fused-ring (bicyclic) bond motifs is 2. The van der Waals surface area contributed by atoms with E-state index in [0.29, 0.717) is 25.2 Å². The Morgan fingerprint density at radius 3 is 2.48 bits per heavy atom. The minimum atomic E-state index is -4.32. The van der Waals surface area contributed by atoms with E-state index in [1.54, 1.807) is 12.1 Å². The molecule has 1 amide bonds. The number of sulfonamides is 1. The second kappa shape index (κ2) is 14.3. The number of amides is 1. The van der Waals surface area contributed by atoms with Gasteiger partial charge in [0.1, 0.15) is 23.9 Å². The van der Waals surface area contributed by atoms with Crippen molar-refractivity contribution in [3.05, 3.63) is 54.1 Å². The highest BCUT2D eigenvalue weighted by atomic mass is 32.2. The Morgan fingerprint density at radius 1 is 1.02 bits per heavy atom. The number of aliphatic hydroxyl groups excluding tert-OH is 1. The van der Waals surface area contributed by atoms with E-state index in [4.69, 9.17) is 18.9 Å². The van der Waals surface area contributed by atoms with Gasteiger partial charge in [-0.15, -0.1) is 0 Å². The van der Waals surface area contributed by atoms with Crippen LogP contribution in [0.15, 0.2) is 53.4 Å². The number of hydrogen-bond donors (Lipinski definition) is 2. The van der Waals surface area contributed by atoms with Crippen molar-refractivity contribution >= 4 is 21.9 Å². The molecule has 0 spiro atoms. The molecule has 46 heavy (non-hydrogen) atoms. The summed E-state index contributed by atoms with van der Waals surface area (Å²) in [6.07, 6.45) is -1.77. The maximum absolute atomic E-state index is 14.5. The molecule has 3 heterocycles. The first kappa shape index (κ1) is 34.1. The number of rotatable bonds is 14. The van der Waals surface area contributed by atoms with Crippen LogP contribution in [-0.4, -0.2) is 104 Å². The Kier molecular flexibility index (Phi) is 10.6. The minimum absolute atomic E-state index is 0.0156. The van der Waals surface area contributed by atoms with Crippen LogP contribution in [0, 0.1) is 11.3 Å². The van der Waals surface area contributed by atoms with Gasteiger partial charge < -0.3 is 34.0 Å². The van der Waals surface area contributed by atoms with Crippen LogP contribution in [0.2, 0.25) is 0 Å². The molecule has 3 aliphatic rings. The normalized spacial score (nSPS) is 22.3. The molecule has 2 fully saturated rings. The summed E-state index contributed by atoms with van der Waals surface area (Å²) in [6, 6.07) is 12.2. The van der Waals surface area contributed by atoms with Gasteiger partial charge in [-0.05, 0) is 49.3 Å². The molecule has 0 unspecified atom stereocenters. The molecule has 2 aromatic carbocycles. The maximum Gasteiger partial charge on any atom is 0.407 e. The molecule has 13 heteroatoms. The number of benzene rings is 2. The average molecular weight is 661 g/mol. The van der Waals surface area contributed by atoms with Crippen LogP contribution in [0.1, 0.15) is 45.6 Å². The molecular weight excluding hydrogens is 616 g/mol. The van der Waals surface area contributed by atoms with Crippen molar-refractivity contribution in [2.75, 3.05) is 39.5 Å². The van der Waals surface area contributed by atoms with E-state index in [-0.39, 0.29) is 61.6 Å². The molecule has 5 atom stereocenters. The van der Waals surface area contributed by atoms with Crippen LogP contribution >= 0.6 is 0 Å². The van der Waals surface area contributed by atoms with E-state index in [2.05, 4.69) is 0 Å². The minimum Gasteiger partial charge on any atom is -0.486 e. The van der Waals surface area contributed by atoms with Crippen molar-refractivity contribution in [3.63, 3.8) is 0 Å². The van der Waals surface area contributed by atoms with Gasteiger partial charge in [0.2, 0.25) is 10.0 Å². The third kappa shape index (κ3) is 7.66. The van der Waals surface area contributed by atoms with E-state index in [9.17, 15) is 28.2 Å². The lowest BCUT2D eigenvalue weighted by Crippen LogP contribution is -2.58. The fourth-order valence-corrected chi connectivity index (χ4v) is 8.36. The van der Waals surface area contributed by atoms with Crippen LogP contribution in [0.5, 0.6) is 11.5 Å². The van der Waals surface area contributed by atoms with E-state index < -0.39 is 52.6 Å². The molecular formula is C33H44N2O10S. The number of carboxylic acid groups (broad SMARTS) is 1. The van der Waals surface area contributed by atoms with Gasteiger partial charge in [0.25, 0.3) is 0 Å². The maximum atomic E-state index is 14.5. The number of Topliss-reactive ketones (excluding diaryl/α,β-unsaturated/α-hetero) is 1. The first-order chi connectivity index (χ1) is 21.9. The first-order valence-electron chi connectivity index (χ1n) is 15.7. The van der Waals surface area contributed by atoms with E-state index in [1.807, 2.05) is 44.2 Å². The Morgan fingerprint density at radius 2 is 1.76 bits per heavy atom. The lowest BCUT2D eigenvalue weighted by atomic mass is 9.87. The zero-order chi connectivity index (χ0) is 33.1. The van der Waals surface area contributed by atoms with E-state index >= 15 is 0 Å². The van der Waals surface area contributed by atoms with Gasteiger partial charge in [-0.25, -0.2) is 13.2 Å². The Balaban J connectivity index is 1.52. The molecule has 0 radical (unpaired) electrons. The smallest absolute Gasteiger partial charge is 0.407 e. The summed E-state index contributed by atoms with van der Waals surface area (Å²) in [4.78, 5) is 26.0. The molecule has 2 saturated heterocycles. The van der Waals surface area contributed by atoms with Crippen molar-refractivity contribution in [1.29, 1.82) is 0 Å². The Bertz CT molecular complexity index is 1480. The van der Waals surface area contributed by atoms with Crippen molar-refractivity contribution in [1.82, 2.24) is 9.21 Å². The SMILES string of the molecule is CC(=O)CCC(C)(C)CN(C[C@@H](O)[C@H](Cc1ccccc1)N(C(=O)O)[C@H]1CO[C@H]2OCC[C@H]21)S(=O)(=O)c1cccc2c1OCCO2. The van der Waals surface area contributed by atoms with Gasteiger partial charge >= 0.3 is 6.09 Å². The lowest BCUT2D eigenvalue weighted by molar-refractivity contribution is -0.117. The van der Waals surface area contributed by atoms with Gasteiger partial charge in [0, 0.05) is 25.4 Å². The number of ether oxygens (including phenoxy) is 4. The van der Waals surface area contributed by atoms with Gasteiger partial charge in [0.05, 0.1) is 31.4 Å². The number of para-hydroxylation sites is 1. The third-order valence-electron chi connectivity index (χ3n) is 8.97.